The van der Waals surface area contributed by atoms with Crippen molar-refractivity contribution >= 4 is 44.8 Å². The molecule has 2 aliphatic heterocycles. The first-order chi connectivity index (χ1) is 16.0. The molecule has 1 atom stereocenters. The number of halogens is 1. The number of urea groups is 1. The molecule has 9 nitrogen and oxygen atoms in total. The van der Waals surface area contributed by atoms with Crippen molar-refractivity contribution in [2.45, 2.75) is 12.5 Å². The number of amides is 2. The highest BCUT2D eigenvalue weighted by atomic mass is 19.1. The highest BCUT2D eigenvalue weighted by Gasteiger charge is 2.33. The van der Waals surface area contributed by atoms with Gasteiger partial charge in [0, 0.05) is 45.0 Å². The Morgan fingerprint density at radius 3 is 2.58 bits per heavy atom. The normalized spacial score (nSPS) is 18.2. The molecule has 0 spiro atoms. The van der Waals surface area contributed by atoms with Crippen LogP contribution in [0.15, 0.2) is 41.8 Å². The molecule has 1 saturated heterocycles. The summed E-state index contributed by atoms with van der Waals surface area (Å²) in [4.78, 5) is 25.4. The van der Waals surface area contributed by atoms with Crippen LogP contribution in [0.3, 0.4) is 0 Å². The number of carbonyl (C=O) groups excluding carboxylic acids is 1. The summed E-state index contributed by atoms with van der Waals surface area (Å²) in [6, 6.07) is 6.52. The van der Waals surface area contributed by atoms with E-state index in [1.54, 1.807) is 23.2 Å². The second-order valence-electron chi connectivity index (χ2n) is 7.92. The number of carbonyl (C=O) groups is 1. The molecule has 162 valence electrons. The zero-order valence-electron chi connectivity index (χ0n) is 17.7. The Bertz CT molecular complexity index is 1180. The van der Waals surface area contributed by atoms with Gasteiger partial charge in [-0.05, 0) is 11.6 Å². The Labute approximate surface area is 192 Å². The maximum absolute atomic E-state index is 14.2. The van der Waals surface area contributed by atoms with E-state index in [9.17, 15) is 9.18 Å². The zero-order chi connectivity index (χ0) is 22.9. The molecule has 1 fully saturated rings. The van der Waals surface area contributed by atoms with Crippen LogP contribution in [0.5, 0.6) is 0 Å². The highest BCUT2D eigenvalue weighted by Crippen LogP contribution is 2.29. The van der Waals surface area contributed by atoms with Gasteiger partial charge in [-0.1, -0.05) is 29.1 Å². The van der Waals surface area contributed by atoms with E-state index in [-0.39, 0.29) is 17.8 Å². The van der Waals surface area contributed by atoms with Crippen molar-refractivity contribution in [2.75, 3.05) is 31.1 Å². The zero-order valence-corrected chi connectivity index (χ0v) is 17.7. The van der Waals surface area contributed by atoms with Crippen molar-refractivity contribution in [2.24, 2.45) is 5.10 Å². The third-order valence-corrected chi connectivity index (χ3v) is 5.73. The first-order valence-corrected chi connectivity index (χ1v) is 10.5. The fourth-order valence-electron chi connectivity index (χ4n) is 4.10. The highest BCUT2D eigenvalue weighted by molar-refractivity contribution is 6.37. The number of benzene rings is 1. The summed E-state index contributed by atoms with van der Waals surface area (Å²) in [5.74, 6) is -0.127. The molecule has 0 bridgehead atoms. The van der Waals surface area contributed by atoms with Crippen molar-refractivity contribution in [3.05, 3.63) is 48.0 Å². The van der Waals surface area contributed by atoms with Gasteiger partial charge < -0.3 is 9.80 Å². The lowest BCUT2D eigenvalue weighted by molar-refractivity contribution is 0.139. The van der Waals surface area contributed by atoms with E-state index in [2.05, 4.69) is 25.3 Å². The molecule has 12 heteroatoms. The predicted molar refractivity (Wildman–Crippen MR) is 124 cm³/mol. The number of hydrogen-bond acceptors (Lipinski definition) is 6. The fraction of sp³-hybridized carbons (Fsp3) is 0.286. The quantitative estimate of drug-likeness (QED) is 0.591. The average molecular weight is 440 g/mol. The van der Waals surface area contributed by atoms with Gasteiger partial charge in [0.05, 0.1) is 17.9 Å². The van der Waals surface area contributed by atoms with E-state index in [1.165, 1.54) is 11.2 Å². The molecule has 2 aliphatic rings. The van der Waals surface area contributed by atoms with Gasteiger partial charge in [-0.2, -0.15) is 10.2 Å². The largest absolute Gasteiger partial charge is 0.341 e. The standard InChI is InChI=1S/C21H19B2FN8O/c22-14-9-13(10-15(23)11-14)18-2-4-27-32(18)21(33)31-7-5-30(6-8-31)20-25-12-16(24)19(28-20)17-1-3-26-29-17/h1,3-4,9-12,18H,2,5-8H2,(H,26,29). The summed E-state index contributed by atoms with van der Waals surface area (Å²) in [7, 11) is 11.9. The molecule has 0 saturated carbocycles. The van der Waals surface area contributed by atoms with Crippen LogP contribution in [0, 0.1) is 5.82 Å². The van der Waals surface area contributed by atoms with Crippen molar-refractivity contribution in [1.82, 2.24) is 30.1 Å². The van der Waals surface area contributed by atoms with E-state index in [4.69, 9.17) is 15.7 Å². The number of aromatic amines is 1. The van der Waals surface area contributed by atoms with Crippen molar-refractivity contribution in [1.29, 1.82) is 0 Å². The number of hydrogen-bond donors (Lipinski definition) is 1. The summed E-state index contributed by atoms with van der Waals surface area (Å²) >= 11 is 0. The lowest BCUT2D eigenvalue weighted by atomic mass is 9.84. The molecule has 1 unspecified atom stereocenters. The molecule has 2 amide bonds. The Balaban J connectivity index is 1.27. The molecule has 33 heavy (non-hydrogen) atoms. The maximum atomic E-state index is 14.2. The number of aromatic nitrogens is 4. The van der Waals surface area contributed by atoms with Crippen LogP contribution in [0.2, 0.25) is 0 Å². The van der Waals surface area contributed by atoms with Gasteiger partial charge in [0.25, 0.3) is 0 Å². The Morgan fingerprint density at radius 1 is 1.12 bits per heavy atom. The minimum atomic E-state index is -0.531. The Morgan fingerprint density at radius 2 is 1.88 bits per heavy atom. The van der Waals surface area contributed by atoms with Gasteiger partial charge >= 0.3 is 6.03 Å². The molecule has 1 aromatic carbocycles. The van der Waals surface area contributed by atoms with Crippen molar-refractivity contribution in [3.8, 4) is 11.4 Å². The lowest BCUT2D eigenvalue weighted by Gasteiger charge is -2.37. The van der Waals surface area contributed by atoms with Gasteiger partial charge in [-0.15, -0.1) is 0 Å². The van der Waals surface area contributed by atoms with E-state index in [0.717, 1.165) is 11.8 Å². The van der Waals surface area contributed by atoms with Crippen LogP contribution in [-0.4, -0.2) is 84.2 Å². The molecule has 4 radical (unpaired) electrons. The smallest absolute Gasteiger partial charge is 0.337 e. The third-order valence-electron chi connectivity index (χ3n) is 5.73. The van der Waals surface area contributed by atoms with E-state index >= 15 is 0 Å². The predicted octanol–water partition coefficient (Wildman–Crippen LogP) is 0.268. The molecule has 3 aromatic rings. The number of rotatable bonds is 3. The van der Waals surface area contributed by atoms with E-state index in [0.29, 0.717) is 55.2 Å². The summed E-state index contributed by atoms with van der Waals surface area (Å²) in [5, 5.41) is 12.3. The van der Waals surface area contributed by atoms with E-state index < -0.39 is 5.82 Å². The molecule has 0 aliphatic carbocycles. The minimum absolute atomic E-state index is 0.159. The number of hydrazone groups is 1. The fourth-order valence-corrected chi connectivity index (χ4v) is 4.10. The number of nitrogens with one attached hydrogen (secondary N) is 1. The van der Waals surface area contributed by atoms with Gasteiger partial charge in [0.1, 0.15) is 21.4 Å². The van der Waals surface area contributed by atoms with Crippen LogP contribution in [0.1, 0.15) is 18.0 Å². The van der Waals surface area contributed by atoms with Gasteiger partial charge in [-0.3, -0.25) is 5.10 Å². The van der Waals surface area contributed by atoms with Gasteiger partial charge in [-0.25, -0.2) is 24.2 Å². The second kappa shape index (κ2) is 8.68. The summed E-state index contributed by atoms with van der Waals surface area (Å²) in [6.45, 7) is 1.92. The molecule has 2 aromatic heterocycles. The lowest BCUT2D eigenvalue weighted by Crippen LogP contribution is -2.52. The Kier molecular flexibility index (Phi) is 5.57. The van der Waals surface area contributed by atoms with Crippen molar-refractivity contribution < 1.29 is 9.18 Å². The summed E-state index contributed by atoms with van der Waals surface area (Å²) < 4.78 is 14.2. The minimum Gasteiger partial charge on any atom is -0.337 e. The van der Waals surface area contributed by atoms with Gasteiger partial charge in [0.2, 0.25) is 5.95 Å². The van der Waals surface area contributed by atoms with Crippen LogP contribution < -0.4 is 15.8 Å². The SMILES string of the molecule is [B]c1cc([B])cc(C2CC=NN2C(=O)N2CCN(c3ncc(F)c(-c4ccn[nH]4)n3)CC2)c1. The molecule has 1 N–H and O–H groups in total. The maximum Gasteiger partial charge on any atom is 0.341 e. The average Bonchev–Trinajstić information content (AvgIpc) is 3.51. The van der Waals surface area contributed by atoms with Crippen LogP contribution in [0.4, 0.5) is 15.1 Å². The molecule has 4 heterocycles. The summed E-state index contributed by atoms with van der Waals surface area (Å²) in [5.41, 5.74) is 2.58. The van der Waals surface area contributed by atoms with Crippen LogP contribution in [0.25, 0.3) is 11.4 Å². The monoisotopic (exact) mass is 440 g/mol. The molecular weight excluding hydrogens is 421 g/mol. The second-order valence-corrected chi connectivity index (χ2v) is 7.92. The first kappa shape index (κ1) is 21.2. The molecule has 5 rings (SSSR count). The van der Waals surface area contributed by atoms with Crippen LogP contribution in [-0.2, 0) is 0 Å². The van der Waals surface area contributed by atoms with E-state index in [1.807, 2.05) is 17.0 Å². The number of anilines is 1. The number of H-pyrrole nitrogens is 1. The number of piperazine rings is 1. The van der Waals surface area contributed by atoms with Crippen LogP contribution >= 0.6 is 0 Å². The summed E-state index contributed by atoms with van der Waals surface area (Å²) in [6.07, 6.45) is 5.00. The van der Waals surface area contributed by atoms with Crippen molar-refractivity contribution in [3.63, 3.8) is 0 Å². The molecular formula is C21H19B2FN8O. The van der Waals surface area contributed by atoms with Gasteiger partial charge in [0.15, 0.2) is 5.82 Å². The number of nitrogens with zero attached hydrogens (tertiary/aromatic N) is 7. The first-order valence-electron chi connectivity index (χ1n) is 10.5. The Hall–Kier alpha value is -3.69. The topological polar surface area (TPSA) is 93.6 Å². The third kappa shape index (κ3) is 4.20.